The first kappa shape index (κ1) is 24.0. The fourth-order valence-corrected chi connectivity index (χ4v) is 4.23. The molecule has 2 aromatic heterocycles. The molecule has 2 N–H and O–H groups in total. The van der Waals surface area contributed by atoms with Crippen LogP contribution in [0.15, 0.2) is 41.0 Å². The highest BCUT2D eigenvalue weighted by Crippen LogP contribution is 2.27. The van der Waals surface area contributed by atoms with Gasteiger partial charge in [-0.1, -0.05) is 25.1 Å². The third-order valence-electron chi connectivity index (χ3n) is 6.07. The average molecular weight is 482 g/mol. The number of methoxy groups -OCH3 is 1. The maximum absolute atomic E-state index is 13.5. The Morgan fingerprint density at radius 3 is 2.71 bits per heavy atom. The van der Waals surface area contributed by atoms with Crippen molar-refractivity contribution in [2.75, 3.05) is 20.2 Å². The van der Waals surface area contributed by atoms with Gasteiger partial charge in [0.1, 0.15) is 30.1 Å². The van der Waals surface area contributed by atoms with Crippen LogP contribution in [-0.4, -0.2) is 70.7 Å². The zero-order valence-corrected chi connectivity index (χ0v) is 19.7. The van der Waals surface area contributed by atoms with Crippen molar-refractivity contribution in [1.82, 2.24) is 25.3 Å². The molecule has 4 rings (SSSR count). The summed E-state index contributed by atoms with van der Waals surface area (Å²) in [6.45, 7) is 1.73. The van der Waals surface area contributed by atoms with Crippen LogP contribution in [0.2, 0.25) is 0 Å². The predicted molar refractivity (Wildman–Crippen MR) is 125 cm³/mol. The molecule has 184 valence electrons. The summed E-state index contributed by atoms with van der Waals surface area (Å²) in [5.41, 5.74) is 2.04. The fourth-order valence-electron chi connectivity index (χ4n) is 4.23. The number of para-hydroxylation sites is 1. The van der Waals surface area contributed by atoms with E-state index in [1.165, 1.54) is 23.0 Å². The maximum Gasteiger partial charge on any atom is 0.325 e. The van der Waals surface area contributed by atoms with E-state index in [0.29, 0.717) is 28.6 Å². The first-order chi connectivity index (χ1) is 16.8. The lowest BCUT2D eigenvalue weighted by atomic mass is 10.1. The van der Waals surface area contributed by atoms with Crippen LogP contribution in [0.5, 0.6) is 0 Å². The number of carbonyl (C=O) groups excluding carboxylic acids is 4. The molecule has 0 unspecified atom stereocenters. The molecule has 1 saturated heterocycles. The number of fused-ring (bicyclic) bond motifs is 1. The quantitative estimate of drug-likeness (QED) is 0.481. The number of amides is 3. The molecular formula is C24H27N5O6. The number of furan rings is 1. The number of benzene rings is 1. The van der Waals surface area contributed by atoms with Crippen molar-refractivity contribution in [2.24, 2.45) is 7.05 Å². The molecule has 0 radical (unpaired) electrons. The van der Waals surface area contributed by atoms with Crippen molar-refractivity contribution < 1.29 is 28.3 Å². The lowest BCUT2D eigenvalue weighted by Gasteiger charge is -2.23. The molecule has 1 fully saturated rings. The van der Waals surface area contributed by atoms with E-state index in [-0.39, 0.29) is 25.4 Å². The minimum absolute atomic E-state index is 0.110. The average Bonchev–Trinajstić information content (AvgIpc) is 3.58. The van der Waals surface area contributed by atoms with Crippen LogP contribution in [0.3, 0.4) is 0 Å². The highest BCUT2D eigenvalue weighted by atomic mass is 16.5. The van der Waals surface area contributed by atoms with Crippen molar-refractivity contribution in [3.8, 4) is 0 Å². The lowest BCUT2D eigenvalue weighted by molar-refractivity contribution is -0.141. The van der Waals surface area contributed by atoms with Gasteiger partial charge < -0.3 is 24.7 Å². The molecule has 3 amide bonds. The third kappa shape index (κ3) is 4.88. The van der Waals surface area contributed by atoms with E-state index >= 15 is 0 Å². The first-order valence-electron chi connectivity index (χ1n) is 11.3. The molecule has 1 aromatic carbocycles. The summed E-state index contributed by atoms with van der Waals surface area (Å²) in [5, 5.41) is 10.3. The number of nitrogens with zero attached hydrogens (tertiary/aromatic N) is 3. The molecular weight excluding hydrogens is 454 g/mol. The normalized spacial score (nSPS) is 17.4. The number of aromatic nitrogens is 2. The standard InChI is InChI=1S/C24H27N5O6/c1-4-14-9-18(28(2)27-14)23(32)26-15-10-19(22(31)25-11-21(30)34-3)29(12-15)24(33)17-13-35-20-8-6-5-7-16(17)20/h5-9,13,15,19H,4,10-12H2,1-3H3,(H,25,31)(H,26,32)/t15-,19+/m1/s1. The van der Waals surface area contributed by atoms with Gasteiger partial charge in [-0.2, -0.15) is 5.10 Å². The van der Waals surface area contributed by atoms with Crippen LogP contribution in [0, 0.1) is 0 Å². The summed E-state index contributed by atoms with van der Waals surface area (Å²) in [7, 11) is 2.91. The van der Waals surface area contributed by atoms with Crippen molar-refractivity contribution in [3.63, 3.8) is 0 Å². The molecule has 11 heteroatoms. The molecule has 0 saturated carbocycles. The van der Waals surface area contributed by atoms with Gasteiger partial charge in [0.05, 0.1) is 18.4 Å². The van der Waals surface area contributed by atoms with Gasteiger partial charge in [0.15, 0.2) is 0 Å². The first-order valence-corrected chi connectivity index (χ1v) is 11.3. The Labute approximate surface area is 201 Å². The topological polar surface area (TPSA) is 136 Å². The van der Waals surface area contributed by atoms with E-state index in [2.05, 4.69) is 20.5 Å². The van der Waals surface area contributed by atoms with Gasteiger partial charge >= 0.3 is 5.97 Å². The summed E-state index contributed by atoms with van der Waals surface area (Å²) in [4.78, 5) is 52.3. The van der Waals surface area contributed by atoms with Crippen LogP contribution >= 0.6 is 0 Å². The highest BCUT2D eigenvalue weighted by molar-refractivity contribution is 6.07. The van der Waals surface area contributed by atoms with Gasteiger partial charge in [0.25, 0.3) is 11.8 Å². The van der Waals surface area contributed by atoms with Gasteiger partial charge in [-0.25, -0.2) is 0 Å². The van der Waals surface area contributed by atoms with E-state index in [0.717, 1.165) is 5.69 Å². The van der Waals surface area contributed by atoms with Crippen molar-refractivity contribution >= 4 is 34.7 Å². The Kier molecular flexibility index (Phi) is 6.85. The SMILES string of the molecule is CCc1cc(C(=O)N[C@@H]2C[C@@H](C(=O)NCC(=O)OC)N(C(=O)c3coc4ccccc34)C2)n(C)n1. The molecule has 0 bridgehead atoms. The fraction of sp³-hybridized carbons (Fsp3) is 0.375. The molecule has 3 heterocycles. The zero-order valence-electron chi connectivity index (χ0n) is 19.7. The van der Waals surface area contributed by atoms with E-state index < -0.39 is 29.9 Å². The van der Waals surface area contributed by atoms with Crippen LogP contribution in [0.4, 0.5) is 0 Å². The molecule has 11 nitrogen and oxygen atoms in total. The minimum Gasteiger partial charge on any atom is -0.468 e. The number of carbonyl (C=O) groups is 4. The summed E-state index contributed by atoms with van der Waals surface area (Å²) in [6, 6.07) is 7.43. The Balaban J connectivity index is 1.56. The number of ether oxygens (including phenoxy) is 1. The van der Waals surface area contributed by atoms with E-state index in [1.54, 1.807) is 37.4 Å². The van der Waals surface area contributed by atoms with Gasteiger partial charge in [0, 0.05) is 25.0 Å². The smallest absolute Gasteiger partial charge is 0.325 e. The van der Waals surface area contributed by atoms with Crippen LogP contribution < -0.4 is 10.6 Å². The molecule has 1 aliphatic heterocycles. The molecule has 2 atom stereocenters. The molecule has 3 aromatic rings. The van der Waals surface area contributed by atoms with Gasteiger partial charge in [-0.3, -0.25) is 23.9 Å². The van der Waals surface area contributed by atoms with Crippen LogP contribution in [0.25, 0.3) is 11.0 Å². The molecule has 1 aliphatic rings. The van der Waals surface area contributed by atoms with Crippen molar-refractivity contribution in [2.45, 2.75) is 31.8 Å². The predicted octanol–water partition coefficient (Wildman–Crippen LogP) is 1.03. The number of nitrogens with one attached hydrogen (secondary N) is 2. The Morgan fingerprint density at radius 2 is 2.00 bits per heavy atom. The van der Waals surface area contributed by atoms with Crippen LogP contribution in [0.1, 0.15) is 39.9 Å². The number of hydrogen-bond donors (Lipinski definition) is 2. The maximum atomic E-state index is 13.5. The second-order valence-electron chi connectivity index (χ2n) is 8.32. The summed E-state index contributed by atoms with van der Waals surface area (Å²) in [6.07, 6.45) is 2.23. The van der Waals surface area contributed by atoms with E-state index in [9.17, 15) is 19.2 Å². The minimum atomic E-state index is -0.899. The Bertz CT molecular complexity index is 1280. The Hall–Kier alpha value is -4.15. The number of esters is 1. The molecule has 35 heavy (non-hydrogen) atoms. The molecule has 0 aliphatic carbocycles. The van der Waals surface area contributed by atoms with Gasteiger partial charge in [0.2, 0.25) is 5.91 Å². The van der Waals surface area contributed by atoms with Crippen molar-refractivity contribution in [3.05, 3.63) is 53.5 Å². The monoisotopic (exact) mass is 481 g/mol. The summed E-state index contributed by atoms with van der Waals surface area (Å²) >= 11 is 0. The third-order valence-corrected chi connectivity index (χ3v) is 6.07. The van der Waals surface area contributed by atoms with E-state index in [1.807, 2.05) is 6.92 Å². The lowest BCUT2D eigenvalue weighted by Crippen LogP contribution is -2.47. The van der Waals surface area contributed by atoms with E-state index in [4.69, 9.17) is 4.42 Å². The van der Waals surface area contributed by atoms with Crippen LogP contribution in [-0.2, 0) is 27.8 Å². The second kappa shape index (κ2) is 10.00. The van der Waals surface area contributed by atoms with Gasteiger partial charge in [-0.15, -0.1) is 0 Å². The number of aryl methyl sites for hydroxylation is 2. The number of hydrogen-bond acceptors (Lipinski definition) is 7. The zero-order chi connectivity index (χ0) is 25.1. The number of likely N-dealkylation sites (tertiary alicyclic amines) is 1. The second-order valence-corrected chi connectivity index (χ2v) is 8.32. The van der Waals surface area contributed by atoms with Crippen molar-refractivity contribution in [1.29, 1.82) is 0 Å². The highest BCUT2D eigenvalue weighted by Gasteiger charge is 2.41. The summed E-state index contributed by atoms with van der Waals surface area (Å²) < 4.78 is 11.6. The largest absolute Gasteiger partial charge is 0.468 e. The molecule has 0 spiro atoms. The Morgan fingerprint density at radius 1 is 1.23 bits per heavy atom. The van der Waals surface area contributed by atoms with Gasteiger partial charge in [-0.05, 0) is 25.0 Å². The summed E-state index contributed by atoms with van der Waals surface area (Å²) in [5.74, 6) is -1.87. The number of rotatable bonds is 7.